The van der Waals surface area contributed by atoms with Gasteiger partial charge >= 0.3 is 0 Å². The van der Waals surface area contributed by atoms with Crippen molar-refractivity contribution in [3.63, 3.8) is 0 Å². The maximum atomic E-state index is 12.6. The summed E-state index contributed by atoms with van der Waals surface area (Å²) in [5.74, 6) is 0.242. The molecule has 0 spiro atoms. The molecule has 1 fully saturated rings. The molecular weight excluding hydrogens is 422 g/mol. The van der Waals surface area contributed by atoms with E-state index in [-0.39, 0.29) is 23.0 Å². The highest BCUT2D eigenvalue weighted by atomic mass is 32.1. The Kier molecular flexibility index (Phi) is 9.04. The van der Waals surface area contributed by atoms with Crippen LogP contribution >= 0.6 is 12.2 Å². The molecule has 1 saturated carbocycles. The lowest BCUT2D eigenvalue weighted by molar-refractivity contribution is 0.0926. The Morgan fingerprint density at radius 1 is 1.00 bits per heavy atom. The average molecular weight is 454 g/mol. The first-order valence-electron chi connectivity index (χ1n) is 11.3. The standard InChI is InChI=1S/C25H31N3O3S/c1-2-3-15-31-22-14-8-10-19(17-22)24(30)28-25(32)27-21-13-7-9-18(16-21)23(29)26-20-11-5-4-6-12-20/h7-10,13-14,16-17,20H,2-6,11-12,15H2,1H3,(H,26,29)(H2,27,28,30,32). The Labute approximate surface area is 195 Å². The van der Waals surface area contributed by atoms with Gasteiger partial charge in [0.25, 0.3) is 11.8 Å². The molecule has 0 heterocycles. The van der Waals surface area contributed by atoms with E-state index in [9.17, 15) is 9.59 Å². The summed E-state index contributed by atoms with van der Waals surface area (Å²) in [7, 11) is 0. The average Bonchev–Trinajstić information content (AvgIpc) is 2.80. The molecule has 2 amide bonds. The van der Waals surface area contributed by atoms with Crippen LogP contribution in [0.1, 0.15) is 72.6 Å². The summed E-state index contributed by atoms with van der Waals surface area (Å²) in [5, 5.41) is 8.94. The van der Waals surface area contributed by atoms with E-state index in [1.807, 2.05) is 6.07 Å². The number of unbranched alkanes of at least 4 members (excludes halogenated alkanes) is 1. The normalized spacial score (nSPS) is 13.8. The third kappa shape index (κ3) is 7.34. The number of anilines is 1. The van der Waals surface area contributed by atoms with Crippen LogP contribution in [0.2, 0.25) is 0 Å². The number of thiocarbonyl (C=S) groups is 1. The highest BCUT2D eigenvalue weighted by molar-refractivity contribution is 7.80. The van der Waals surface area contributed by atoms with E-state index in [4.69, 9.17) is 17.0 Å². The van der Waals surface area contributed by atoms with Crippen molar-refractivity contribution < 1.29 is 14.3 Å². The molecule has 0 aliphatic heterocycles. The predicted molar refractivity (Wildman–Crippen MR) is 131 cm³/mol. The largest absolute Gasteiger partial charge is 0.494 e. The van der Waals surface area contributed by atoms with Gasteiger partial charge in [-0.25, -0.2) is 0 Å². The second-order valence-corrected chi connectivity index (χ2v) is 8.44. The van der Waals surface area contributed by atoms with Gasteiger partial charge in [-0.05, 0) is 67.9 Å². The van der Waals surface area contributed by atoms with E-state index in [0.29, 0.717) is 29.2 Å². The smallest absolute Gasteiger partial charge is 0.257 e. The van der Waals surface area contributed by atoms with Crippen LogP contribution in [0, 0.1) is 0 Å². The van der Waals surface area contributed by atoms with E-state index >= 15 is 0 Å². The number of carbonyl (C=O) groups excluding carboxylic acids is 2. The van der Waals surface area contributed by atoms with Gasteiger partial charge in [0, 0.05) is 22.9 Å². The zero-order valence-corrected chi connectivity index (χ0v) is 19.3. The van der Waals surface area contributed by atoms with Gasteiger partial charge in [0.1, 0.15) is 5.75 Å². The highest BCUT2D eigenvalue weighted by Gasteiger charge is 2.17. The van der Waals surface area contributed by atoms with Gasteiger partial charge in [0.05, 0.1) is 6.61 Å². The molecule has 0 radical (unpaired) electrons. The summed E-state index contributed by atoms with van der Waals surface area (Å²) < 4.78 is 5.66. The maximum Gasteiger partial charge on any atom is 0.257 e. The number of carbonyl (C=O) groups is 2. The lowest BCUT2D eigenvalue weighted by atomic mass is 9.95. The molecule has 3 N–H and O–H groups in total. The molecule has 0 saturated heterocycles. The Morgan fingerprint density at radius 2 is 1.72 bits per heavy atom. The van der Waals surface area contributed by atoms with Crippen molar-refractivity contribution in [2.24, 2.45) is 0 Å². The fourth-order valence-electron chi connectivity index (χ4n) is 3.65. The number of benzene rings is 2. The minimum Gasteiger partial charge on any atom is -0.494 e. The number of hydrogen-bond acceptors (Lipinski definition) is 4. The summed E-state index contributed by atoms with van der Waals surface area (Å²) in [6, 6.07) is 14.4. The Hall–Kier alpha value is -2.93. The Balaban J connectivity index is 1.54. The van der Waals surface area contributed by atoms with Crippen LogP contribution in [0.3, 0.4) is 0 Å². The Bertz CT molecular complexity index is 942. The van der Waals surface area contributed by atoms with E-state index in [1.165, 1.54) is 6.42 Å². The third-order valence-electron chi connectivity index (χ3n) is 5.41. The van der Waals surface area contributed by atoms with Crippen LogP contribution in [0.15, 0.2) is 48.5 Å². The van der Waals surface area contributed by atoms with Gasteiger partial charge in [-0.3, -0.25) is 14.9 Å². The highest BCUT2D eigenvalue weighted by Crippen LogP contribution is 2.19. The second-order valence-electron chi connectivity index (χ2n) is 8.03. The summed E-state index contributed by atoms with van der Waals surface area (Å²) in [6.45, 7) is 2.71. The molecule has 0 atom stereocenters. The van der Waals surface area contributed by atoms with Crippen LogP contribution < -0.4 is 20.7 Å². The summed E-state index contributed by atoms with van der Waals surface area (Å²) in [6.07, 6.45) is 7.63. The first-order valence-corrected chi connectivity index (χ1v) is 11.7. The maximum absolute atomic E-state index is 12.6. The van der Waals surface area contributed by atoms with Gasteiger partial charge < -0.3 is 15.4 Å². The lowest BCUT2D eigenvalue weighted by Crippen LogP contribution is -2.36. The van der Waals surface area contributed by atoms with E-state index in [1.54, 1.807) is 42.5 Å². The fraction of sp³-hybridized carbons (Fsp3) is 0.400. The predicted octanol–water partition coefficient (Wildman–Crippen LogP) is 5.05. The molecule has 32 heavy (non-hydrogen) atoms. The fourth-order valence-corrected chi connectivity index (χ4v) is 3.86. The summed E-state index contributed by atoms with van der Waals surface area (Å²) in [5.41, 5.74) is 1.67. The van der Waals surface area contributed by atoms with Crippen LogP contribution in [0.5, 0.6) is 5.75 Å². The van der Waals surface area contributed by atoms with Crippen LogP contribution in [-0.2, 0) is 0 Å². The minimum absolute atomic E-state index is 0.0876. The molecule has 3 rings (SSSR count). The molecule has 6 nitrogen and oxygen atoms in total. The van der Waals surface area contributed by atoms with Crippen molar-refractivity contribution in [3.05, 3.63) is 59.7 Å². The van der Waals surface area contributed by atoms with Gasteiger partial charge in [-0.2, -0.15) is 0 Å². The Morgan fingerprint density at radius 3 is 2.47 bits per heavy atom. The SMILES string of the molecule is CCCCOc1cccc(C(=O)NC(=S)Nc2cccc(C(=O)NC3CCCCC3)c2)c1. The zero-order chi connectivity index (χ0) is 22.8. The summed E-state index contributed by atoms with van der Waals surface area (Å²) in [4.78, 5) is 25.2. The monoisotopic (exact) mass is 453 g/mol. The van der Waals surface area contributed by atoms with Gasteiger partial charge in [0.15, 0.2) is 5.11 Å². The topological polar surface area (TPSA) is 79.5 Å². The number of rotatable bonds is 8. The molecule has 0 aromatic heterocycles. The third-order valence-corrected chi connectivity index (χ3v) is 5.62. The number of nitrogens with one attached hydrogen (secondary N) is 3. The van der Waals surface area contributed by atoms with E-state index in [2.05, 4.69) is 22.9 Å². The van der Waals surface area contributed by atoms with Crippen LogP contribution in [-0.4, -0.2) is 29.6 Å². The lowest BCUT2D eigenvalue weighted by Gasteiger charge is -2.22. The van der Waals surface area contributed by atoms with Crippen LogP contribution in [0.4, 0.5) is 5.69 Å². The van der Waals surface area contributed by atoms with Crippen molar-refractivity contribution in [3.8, 4) is 5.75 Å². The van der Waals surface area contributed by atoms with Crippen molar-refractivity contribution in [1.82, 2.24) is 10.6 Å². The molecule has 2 aromatic rings. The van der Waals surface area contributed by atoms with Gasteiger partial charge in [-0.15, -0.1) is 0 Å². The molecule has 1 aliphatic rings. The van der Waals surface area contributed by atoms with E-state index in [0.717, 1.165) is 38.5 Å². The minimum atomic E-state index is -0.324. The number of amides is 2. The van der Waals surface area contributed by atoms with Crippen molar-refractivity contribution in [2.75, 3.05) is 11.9 Å². The van der Waals surface area contributed by atoms with Crippen molar-refractivity contribution >= 4 is 34.8 Å². The second kappa shape index (κ2) is 12.2. The van der Waals surface area contributed by atoms with Crippen molar-refractivity contribution in [2.45, 2.75) is 57.9 Å². The van der Waals surface area contributed by atoms with Crippen molar-refractivity contribution in [1.29, 1.82) is 0 Å². The quantitative estimate of drug-likeness (QED) is 0.385. The van der Waals surface area contributed by atoms with Crippen LogP contribution in [0.25, 0.3) is 0 Å². The molecule has 170 valence electrons. The van der Waals surface area contributed by atoms with E-state index < -0.39 is 0 Å². The number of ether oxygens (including phenoxy) is 1. The molecule has 1 aliphatic carbocycles. The van der Waals surface area contributed by atoms with Gasteiger partial charge in [0.2, 0.25) is 0 Å². The first-order chi connectivity index (χ1) is 15.5. The molecule has 0 bridgehead atoms. The zero-order valence-electron chi connectivity index (χ0n) is 18.5. The molecule has 2 aromatic carbocycles. The molecular formula is C25H31N3O3S. The first kappa shape index (κ1) is 23.7. The molecule has 7 heteroatoms. The molecule has 0 unspecified atom stereocenters. The summed E-state index contributed by atoms with van der Waals surface area (Å²) >= 11 is 5.30. The number of hydrogen-bond donors (Lipinski definition) is 3. The van der Waals surface area contributed by atoms with Gasteiger partial charge in [-0.1, -0.05) is 44.7 Å².